The largest absolute Gasteiger partial charge is 0.299 e. The first kappa shape index (κ1) is 9.76. The topological polar surface area (TPSA) is 17.1 Å². The molecule has 1 heteroatoms. The van der Waals surface area contributed by atoms with E-state index in [9.17, 15) is 4.79 Å². The third-order valence-electron chi connectivity index (χ3n) is 2.91. The molecular weight excluding hydrogens is 148 g/mol. The zero-order valence-electron chi connectivity index (χ0n) is 8.31. The van der Waals surface area contributed by atoms with E-state index in [2.05, 4.69) is 13.8 Å². The summed E-state index contributed by atoms with van der Waals surface area (Å²) in [5.41, 5.74) is 0. The summed E-state index contributed by atoms with van der Waals surface area (Å²) in [6.45, 7) is 4.34. The van der Waals surface area contributed by atoms with Gasteiger partial charge in [0.15, 0.2) is 0 Å². The summed E-state index contributed by atoms with van der Waals surface area (Å²) >= 11 is 0. The highest BCUT2D eigenvalue weighted by Gasteiger charge is 2.22. The van der Waals surface area contributed by atoms with Crippen LogP contribution in [0.2, 0.25) is 0 Å². The molecule has 0 bridgehead atoms. The number of carbonyl (C=O) groups excluding carboxylic acids is 1. The summed E-state index contributed by atoms with van der Waals surface area (Å²) in [6.07, 6.45) is 6.95. The number of carbonyl (C=O) groups is 1. The molecule has 0 saturated heterocycles. The average Bonchev–Trinajstić information content (AvgIpc) is 1.96. The van der Waals surface area contributed by atoms with Gasteiger partial charge in [-0.2, -0.15) is 0 Å². The number of rotatable bonds is 1. The normalized spacial score (nSPS) is 26.9. The summed E-state index contributed by atoms with van der Waals surface area (Å²) < 4.78 is 0. The van der Waals surface area contributed by atoms with E-state index >= 15 is 0 Å². The van der Waals surface area contributed by atoms with Crippen molar-refractivity contribution in [3.8, 4) is 0 Å². The Kier molecular flexibility index (Phi) is 3.77. The average molecular weight is 168 g/mol. The van der Waals surface area contributed by atoms with Crippen LogP contribution in [-0.2, 0) is 4.79 Å². The van der Waals surface area contributed by atoms with Crippen LogP contribution in [0.1, 0.15) is 52.4 Å². The Morgan fingerprint density at radius 2 is 1.83 bits per heavy atom. The number of Topliss-reactive ketones (excluding diaryl/α,β-unsaturated/α-hetero) is 1. The lowest BCUT2D eigenvalue weighted by Crippen LogP contribution is -2.21. The highest BCUT2D eigenvalue weighted by Crippen LogP contribution is 2.25. The molecule has 0 N–H and O–H groups in total. The summed E-state index contributed by atoms with van der Waals surface area (Å²) in [5.74, 6) is 1.44. The van der Waals surface area contributed by atoms with E-state index in [4.69, 9.17) is 0 Å². The van der Waals surface area contributed by atoms with E-state index in [0.29, 0.717) is 17.6 Å². The van der Waals surface area contributed by atoms with Gasteiger partial charge >= 0.3 is 0 Å². The van der Waals surface area contributed by atoms with E-state index < -0.39 is 0 Å². The molecule has 1 atom stereocenters. The summed E-state index contributed by atoms with van der Waals surface area (Å²) in [4.78, 5) is 11.6. The smallest absolute Gasteiger partial charge is 0.136 e. The Bertz CT molecular complexity index is 149. The molecule has 12 heavy (non-hydrogen) atoms. The van der Waals surface area contributed by atoms with Gasteiger partial charge in [0.1, 0.15) is 5.78 Å². The molecule has 1 nitrogen and oxygen atoms in total. The molecule has 0 amide bonds. The Morgan fingerprint density at radius 1 is 1.17 bits per heavy atom. The third kappa shape index (κ3) is 2.62. The number of hydrogen-bond donors (Lipinski definition) is 0. The predicted molar refractivity (Wildman–Crippen MR) is 51.0 cm³/mol. The van der Waals surface area contributed by atoms with Crippen LogP contribution in [0, 0.1) is 11.8 Å². The molecule has 1 aliphatic rings. The maximum Gasteiger partial charge on any atom is 0.136 e. The first-order valence-electron chi connectivity index (χ1n) is 5.24. The van der Waals surface area contributed by atoms with Gasteiger partial charge in [-0.15, -0.1) is 0 Å². The van der Waals surface area contributed by atoms with E-state index in [1.54, 1.807) is 0 Å². The second-order valence-corrected chi connectivity index (χ2v) is 4.27. The molecule has 0 heterocycles. The van der Waals surface area contributed by atoms with Crippen molar-refractivity contribution in [3.05, 3.63) is 0 Å². The first-order valence-corrected chi connectivity index (χ1v) is 5.24. The predicted octanol–water partition coefficient (Wildman–Crippen LogP) is 3.18. The minimum atomic E-state index is 0.366. The minimum Gasteiger partial charge on any atom is -0.299 e. The molecule has 1 fully saturated rings. The van der Waals surface area contributed by atoms with Crippen molar-refractivity contribution >= 4 is 5.78 Å². The van der Waals surface area contributed by atoms with Crippen molar-refractivity contribution in [1.29, 1.82) is 0 Å². The van der Waals surface area contributed by atoms with Gasteiger partial charge in [-0.05, 0) is 18.8 Å². The molecule has 0 spiro atoms. The molecule has 1 aliphatic carbocycles. The molecule has 0 radical (unpaired) electrons. The SMILES string of the molecule is CC(C)C1CCCCCCC1=O. The van der Waals surface area contributed by atoms with Gasteiger partial charge in [-0.1, -0.05) is 33.1 Å². The summed E-state index contributed by atoms with van der Waals surface area (Å²) in [7, 11) is 0. The monoisotopic (exact) mass is 168 g/mol. The van der Waals surface area contributed by atoms with Gasteiger partial charge in [0, 0.05) is 12.3 Å². The molecule has 0 aliphatic heterocycles. The van der Waals surface area contributed by atoms with Crippen molar-refractivity contribution in [3.63, 3.8) is 0 Å². The maximum absolute atomic E-state index is 11.6. The van der Waals surface area contributed by atoms with Crippen molar-refractivity contribution in [1.82, 2.24) is 0 Å². The Morgan fingerprint density at radius 3 is 2.50 bits per heavy atom. The Balaban J connectivity index is 2.49. The second-order valence-electron chi connectivity index (χ2n) is 4.27. The van der Waals surface area contributed by atoms with Crippen LogP contribution in [-0.4, -0.2) is 5.78 Å². The lowest BCUT2D eigenvalue weighted by molar-refractivity contribution is -0.124. The van der Waals surface area contributed by atoms with Crippen LogP contribution in [0.25, 0.3) is 0 Å². The van der Waals surface area contributed by atoms with Crippen LogP contribution in [0.3, 0.4) is 0 Å². The summed E-state index contributed by atoms with van der Waals surface area (Å²) in [6, 6.07) is 0. The lowest BCUT2D eigenvalue weighted by atomic mass is 9.83. The third-order valence-corrected chi connectivity index (χ3v) is 2.91. The molecule has 0 aromatic rings. The second kappa shape index (κ2) is 4.64. The quantitative estimate of drug-likeness (QED) is 0.587. The van der Waals surface area contributed by atoms with Crippen LogP contribution < -0.4 is 0 Å². The molecule has 0 aromatic carbocycles. The van der Waals surface area contributed by atoms with E-state index in [0.717, 1.165) is 19.3 Å². The van der Waals surface area contributed by atoms with Crippen molar-refractivity contribution in [2.45, 2.75) is 52.4 Å². The maximum atomic E-state index is 11.6. The zero-order valence-corrected chi connectivity index (χ0v) is 8.31. The lowest BCUT2D eigenvalue weighted by Gasteiger charge is -2.21. The van der Waals surface area contributed by atoms with Gasteiger partial charge in [-0.3, -0.25) is 4.79 Å². The van der Waals surface area contributed by atoms with Crippen molar-refractivity contribution < 1.29 is 4.79 Å². The van der Waals surface area contributed by atoms with Crippen LogP contribution in [0.15, 0.2) is 0 Å². The van der Waals surface area contributed by atoms with Crippen molar-refractivity contribution in [2.24, 2.45) is 11.8 Å². The van der Waals surface area contributed by atoms with Gasteiger partial charge in [-0.25, -0.2) is 0 Å². The minimum absolute atomic E-state index is 0.366. The van der Waals surface area contributed by atoms with E-state index in [-0.39, 0.29) is 0 Å². The van der Waals surface area contributed by atoms with Crippen LogP contribution in [0.4, 0.5) is 0 Å². The Hall–Kier alpha value is -0.330. The van der Waals surface area contributed by atoms with Gasteiger partial charge < -0.3 is 0 Å². The molecule has 1 unspecified atom stereocenters. The van der Waals surface area contributed by atoms with Gasteiger partial charge in [0.2, 0.25) is 0 Å². The molecular formula is C11H20O. The highest BCUT2D eigenvalue weighted by atomic mass is 16.1. The molecule has 1 rings (SSSR count). The first-order chi connectivity index (χ1) is 5.72. The Labute approximate surface area is 75.5 Å². The zero-order chi connectivity index (χ0) is 8.97. The summed E-state index contributed by atoms with van der Waals surface area (Å²) in [5, 5.41) is 0. The van der Waals surface area contributed by atoms with Gasteiger partial charge in [0.05, 0.1) is 0 Å². The fourth-order valence-corrected chi connectivity index (χ4v) is 2.07. The number of hydrogen-bond acceptors (Lipinski definition) is 1. The molecule has 70 valence electrons. The standard InChI is InChI=1S/C11H20O/c1-9(2)10-7-5-3-4-6-8-11(10)12/h9-10H,3-8H2,1-2H3. The molecule has 1 saturated carbocycles. The van der Waals surface area contributed by atoms with E-state index in [1.165, 1.54) is 19.3 Å². The fraction of sp³-hybridized carbons (Fsp3) is 0.909. The molecule has 0 aromatic heterocycles. The number of ketones is 1. The van der Waals surface area contributed by atoms with Crippen LogP contribution in [0.5, 0.6) is 0 Å². The van der Waals surface area contributed by atoms with Gasteiger partial charge in [0.25, 0.3) is 0 Å². The van der Waals surface area contributed by atoms with E-state index in [1.807, 2.05) is 0 Å². The van der Waals surface area contributed by atoms with Crippen LogP contribution >= 0.6 is 0 Å². The van der Waals surface area contributed by atoms with Crippen molar-refractivity contribution in [2.75, 3.05) is 0 Å². The fourth-order valence-electron chi connectivity index (χ4n) is 2.07. The highest BCUT2D eigenvalue weighted by molar-refractivity contribution is 5.81.